The highest BCUT2D eigenvalue weighted by molar-refractivity contribution is 8.00. The lowest BCUT2D eigenvalue weighted by Gasteiger charge is -2.08. The van der Waals surface area contributed by atoms with E-state index in [1.54, 1.807) is 65.6 Å². The molecule has 166 valence electrons. The van der Waals surface area contributed by atoms with Gasteiger partial charge in [0, 0.05) is 11.3 Å². The number of esters is 1. The van der Waals surface area contributed by atoms with Gasteiger partial charge in [-0.15, -0.1) is 11.3 Å². The maximum atomic E-state index is 12.2. The number of amides is 2. The summed E-state index contributed by atoms with van der Waals surface area (Å²) in [4.78, 5) is 40.5. The van der Waals surface area contributed by atoms with Gasteiger partial charge in [-0.1, -0.05) is 54.2 Å². The van der Waals surface area contributed by atoms with Gasteiger partial charge < -0.3 is 4.74 Å². The van der Waals surface area contributed by atoms with Crippen LogP contribution in [0.5, 0.6) is 0 Å². The van der Waals surface area contributed by atoms with E-state index in [-0.39, 0.29) is 0 Å². The molecular formula is C24H19N3O4S2. The van der Waals surface area contributed by atoms with Crippen molar-refractivity contribution in [3.05, 3.63) is 95.6 Å². The summed E-state index contributed by atoms with van der Waals surface area (Å²) in [6, 6.07) is 23.4. The summed E-state index contributed by atoms with van der Waals surface area (Å²) in [5.74, 6) is -1.01. The van der Waals surface area contributed by atoms with Gasteiger partial charge in [0.1, 0.15) is 0 Å². The second kappa shape index (κ2) is 10.8. The van der Waals surface area contributed by atoms with Crippen molar-refractivity contribution in [2.45, 2.75) is 10.1 Å². The third-order valence-corrected chi connectivity index (χ3v) is 6.76. The standard InChI is InChI=1S/C24H19N3O4S2/c28-21(26-27-22(29)17-6-2-1-3-7-17)14-31-23(30)18-12-10-16(11-13-18)15-32-24-25-19-8-4-5-9-20(19)33-24/h1-13H,14-15H2,(H,26,28)(H,27,29). The molecule has 4 rings (SSSR count). The molecule has 0 saturated carbocycles. The number of nitrogens with zero attached hydrogens (tertiary/aromatic N) is 1. The van der Waals surface area contributed by atoms with Crippen molar-refractivity contribution < 1.29 is 19.1 Å². The second-order valence-corrected chi connectivity index (χ2v) is 9.13. The molecule has 2 amide bonds. The van der Waals surface area contributed by atoms with Crippen LogP contribution in [-0.4, -0.2) is 29.4 Å². The normalized spacial score (nSPS) is 10.5. The van der Waals surface area contributed by atoms with Crippen LogP contribution in [0, 0.1) is 0 Å². The number of benzene rings is 3. The smallest absolute Gasteiger partial charge is 0.338 e. The second-order valence-electron chi connectivity index (χ2n) is 6.88. The highest BCUT2D eigenvalue weighted by Crippen LogP contribution is 2.31. The lowest BCUT2D eigenvalue weighted by atomic mass is 10.1. The number of ether oxygens (including phenoxy) is 1. The summed E-state index contributed by atoms with van der Waals surface area (Å²) in [6.07, 6.45) is 0. The van der Waals surface area contributed by atoms with Crippen molar-refractivity contribution in [2.75, 3.05) is 6.61 Å². The van der Waals surface area contributed by atoms with E-state index >= 15 is 0 Å². The number of aromatic nitrogens is 1. The van der Waals surface area contributed by atoms with Crippen molar-refractivity contribution in [1.82, 2.24) is 15.8 Å². The van der Waals surface area contributed by atoms with Crippen LogP contribution in [0.3, 0.4) is 0 Å². The van der Waals surface area contributed by atoms with E-state index in [4.69, 9.17) is 4.74 Å². The maximum absolute atomic E-state index is 12.2. The summed E-state index contributed by atoms with van der Waals surface area (Å²) < 4.78 is 7.16. The van der Waals surface area contributed by atoms with E-state index < -0.39 is 24.4 Å². The molecule has 2 N–H and O–H groups in total. The molecule has 0 aliphatic carbocycles. The number of rotatable bonds is 7. The molecule has 33 heavy (non-hydrogen) atoms. The van der Waals surface area contributed by atoms with E-state index in [0.717, 1.165) is 25.9 Å². The van der Waals surface area contributed by atoms with Gasteiger partial charge >= 0.3 is 5.97 Å². The molecule has 0 spiro atoms. The Balaban J connectivity index is 1.21. The van der Waals surface area contributed by atoms with Crippen LogP contribution in [-0.2, 0) is 15.3 Å². The minimum absolute atomic E-state index is 0.338. The Bertz CT molecular complexity index is 1240. The fourth-order valence-electron chi connectivity index (χ4n) is 2.83. The van der Waals surface area contributed by atoms with Crippen LogP contribution >= 0.6 is 23.1 Å². The Kier molecular flexibility index (Phi) is 7.33. The van der Waals surface area contributed by atoms with Crippen LogP contribution in [0.2, 0.25) is 0 Å². The van der Waals surface area contributed by atoms with Gasteiger partial charge in [0.25, 0.3) is 11.8 Å². The molecular weight excluding hydrogens is 458 g/mol. The Labute approximate surface area is 198 Å². The number of hydrazine groups is 1. The Morgan fingerprint density at radius 3 is 2.33 bits per heavy atom. The zero-order valence-corrected chi connectivity index (χ0v) is 18.9. The highest BCUT2D eigenvalue weighted by Gasteiger charge is 2.12. The summed E-state index contributed by atoms with van der Waals surface area (Å²) in [7, 11) is 0. The van der Waals surface area contributed by atoms with Crippen molar-refractivity contribution in [2.24, 2.45) is 0 Å². The average Bonchev–Trinajstić information content (AvgIpc) is 3.28. The number of carbonyl (C=O) groups excluding carboxylic acids is 3. The molecule has 3 aromatic carbocycles. The number of carbonyl (C=O) groups is 3. The van der Waals surface area contributed by atoms with Crippen LogP contribution in [0.25, 0.3) is 10.2 Å². The number of thioether (sulfide) groups is 1. The van der Waals surface area contributed by atoms with Crippen LogP contribution in [0.15, 0.2) is 83.2 Å². The van der Waals surface area contributed by atoms with Crippen molar-refractivity contribution >= 4 is 51.1 Å². The third-order valence-electron chi connectivity index (χ3n) is 4.51. The lowest BCUT2D eigenvalue weighted by Crippen LogP contribution is -2.43. The van der Waals surface area contributed by atoms with Gasteiger partial charge in [0.2, 0.25) is 0 Å². The molecule has 0 aliphatic heterocycles. The van der Waals surface area contributed by atoms with Gasteiger partial charge in [0.15, 0.2) is 10.9 Å². The molecule has 7 nitrogen and oxygen atoms in total. The van der Waals surface area contributed by atoms with Crippen LogP contribution in [0.1, 0.15) is 26.3 Å². The molecule has 1 aromatic heterocycles. The summed E-state index contributed by atoms with van der Waals surface area (Å²) in [5, 5.41) is 0. The topological polar surface area (TPSA) is 97.4 Å². The maximum Gasteiger partial charge on any atom is 0.338 e. The van der Waals surface area contributed by atoms with Gasteiger partial charge in [-0.3, -0.25) is 20.4 Å². The first-order valence-corrected chi connectivity index (χ1v) is 11.8. The Morgan fingerprint density at radius 1 is 0.848 bits per heavy atom. The molecule has 0 unspecified atom stereocenters. The molecule has 0 atom stereocenters. The van der Waals surface area contributed by atoms with E-state index in [1.165, 1.54) is 0 Å². The Morgan fingerprint density at radius 2 is 1.58 bits per heavy atom. The SMILES string of the molecule is O=C(COC(=O)c1ccc(CSc2nc3ccccc3s2)cc1)NNC(=O)c1ccccc1. The molecule has 0 aliphatic rings. The number of fused-ring (bicyclic) bond motifs is 1. The predicted molar refractivity (Wildman–Crippen MR) is 128 cm³/mol. The molecule has 0 bridgehead atoms. The van der Waals surface area contributed by atoms with E-state index in [0.29, 0.717) is 11.1 Å². The fourth-order valence-corrected chi connectivity index (χ4v) is 4.86. The van der Waals surface area contributed by atoms with E-state index in [2.05, 4.69) is 21.9 Å². The number of para-hydroxylation sites is 1. The molecule has 4 aromatic rings. The zero-order chi connectivity index (χ0) is 23.0. The summed E-state index contributed by atoms with van der Waals surface area (Å²) in [6.45, 7) is -0.511. The first-order valence-electron chi connectivity index (χ1n) is 9.97. The highest BCUT2D eigenvalue weighted by atomic mass is 32.2. The van der Waals surface area contributed by atoms with Crippen LogP contribution in [0.4, 0.5) is 0 Å². The molecule has 9 heteroatoms. The number of thiazole rings is 1. The van der Waals surface area contributed by atoms with Crippen LogP contribution < -0.4 is 10.9 Å². The van der Waals surface area contributed by atoms with Gasteiger partial charge in [0.05, 0.1) is 15.8 Å². The minimum Gasteiger partial charge on any atom is -0.452 e. The number of hydrogen-bond acceptors (Lipinski definition) is 7. The minimum atomic E-state index is -0.642. The summed E-state index contributed by atoms with van der Waals surface area (Å²) >= 11 is 3.29. The molecule has 0 radical (unpaired) electrons. The lowest BCUT2D eigenvalue weighted by molar-refractivity contribution is -0.125. The predicted octanol–water partition coefficient (Wildman–Crippen LogP) is 4.21. The van der Waals surface area contributed by atoms with Crippen molar-refractivity contribution in [1.29, 1.82) is 0 Å². The molecule has 1 heterocycles. The van der Waals surface area contributed by atoms with E-state index in [9.17, 15) is 14.4 Å². The quantitative estimate of drug-likeness (QED) is 0.235. The molecule has 0 fully saturated rings. The monoisotopic (exact) mass is 477 g/mol. The first kappa shape index (κ1) is 22.5. The average molecular weight is 478 g/mol. The third kappa shape index (κ3) is 6.18. The van der Waals surface area contributed by atoms with Crippen molar-refractivity contribution in [3.63, 3.8) is 0 Å². The summed E-state index contributed by atoms with van der Waals surface area (Å²) in [5.41, 5.74) is 7.25. The van der Waals surface area contributed by atoms with Crippen molar-refractivity contribution in [3.8, 4) is 0 Å². The van der Waals surface area contributed by atoms with Gasteiger partial charge in [-0.2, -0.15) is 0 Å². The largest absolute Gasteiger partial charge is 0.452 e. The number of hydrogen-bond donors (Lipinski definition) is 2. The zero-order valence-electron chi connectivity index (χ0n) is 17.3. The van der Waals surface area contributed by atoms with E-state index in [1.807, 2.05) is 30.3 Å². The van der Waals surface area contributed by atoms with Gasteiger partial charge in [-0.05, 0) is 42.0 Å². The molecule has 0 saturated heterocycles. The first-order chi connectivity index (χ1) is 16.1. The fraction of sp³-hybridized carbons (Fsp3) is 0.0833. The Hall–Kier alpha value is -3.69. The van der Waals surface area contributed by atoms with Gasteiger partial charge in [-0.25, -0.2) is 9.78 Å². The number of nitrogens with one attached hydrogen (secondary N) is 2.